The average Bonchev–Trinajstić information content (AvgIpc) is 2.79. The molecule has 0 aromatic heterocycles. The SMILES string of the molecule is c1ccc2c(c1)Nc1cc(SSc3ccc4c(c3)Nc3ccccc3S4)ccc1S2. The van der Waals surface area contributed by atoms with Crippen molar-refractivity contribution in [1.29, 1.82) is 0 Å². The number of para-hydroxylation sites is 2. The van der Waals surface area contributed by atoms with Gasteiger partial charge in [-0.25, -0.2) is 0 Å². The first-order valence-corrected chi connectivity index (χ1v) is 13.3. The van der Waals surface area contributed by atoms with Crippen LogP contribution in [0.4, 0.5) is 22.7 Å². The highest BCUT2D eigenvalue weighted by atomic mass is 33.1. The van der Waals surface area contributed by atoms with Gasteiger partial charge in [0.25, 0.3) is 0 Å². The minimum atomic E-state index is 1.18. The summed E-state index contributed by atoms with van der Waals surface area (Å²) in [5, 5.41) is 7.15. The molecular weight excluding hydrogens is 445 g/mol. The maximum absolute atomic E-state index is 3.57. The van der Waals surface area contributed by atoms with E-state index in [0.29, 0.717) is 0 Å². The van der Waals surface area contributed by atoms with Gasteiger partial charge in [0.1, 0.15) is 0 Å². The number of fused-ring (bicyclic) bond motifs is 4. The fourth-order valence-electron chi connectivity index (χ4n) is 3.44. The molecule has 6 heteroatoms. The number of nitrogens with one attached hydrogen (secondary N) is 2. The molecule has 2 aliphatic heterocycles. The fraction of sp³-hybridized carbons (Fsp3) is 0. The number of rotatable bonds is 3. The second-order valence-corrected chi connectivity index (χ2v) is 11.4. The first kappa shape index (κ1) is 18.6. The highest BCUT2D eigenvalue weighted by Gasteiger charge is 2.17. The Morgan fingerprint density at radius 3 is 1.40 bits per heavy atom. The van der Waals surface area contributed by atoms with Crippen LogP contribution in [-0.4, -0.2) is 0 Å². The van der Waals surface area contributed by atoms with Gasteiger partial charge in [-0.2, -0.15) is 0 Å². The zero-order chi connectivity index (χ0) is 19.9. The van der Waals surface area contributed by atoms with Crippen LogP contribution in [-0.2, 0) is 0 Å². The van der Waals surface area contributed by atoms with Gasteiger partial charge in [0, 0.05) is 29.4 Å². The normalized spacial score (nSPS) is 13.2. The molecule has 4 aromatic carbocycles. The van der Waals surface area contributed by atoms with Gasteiger partial charge in [0.15, 0.2) is 0 Å². The van der Waals surface area contributed by atoms with Crippen LogP contribution in [0.1, 0.15) is 0 Å². The minimum absolute atomic E-state index is 1.18. The van der Waals surface area contributed by atoms with E-state index in [4.69, 9.17) is 0 Å². The van der Waals surface area contributed by atoms with Crippen molar-refractivity contribution < 1.29 is 0 Å². The molecule has 0 bridgehead atoms. The number of benzene rings is 4. The van der Waals surface area contributed by atoms with E-state index in [9.17, 15) is 0 Å². The Bertz CT molecular complexity index is 1170. The van der Waals surface area contributed by atoms with Crippen LogP contribution in [0.15, 0.2) is 114 Å². The van der Waals surface area contributed by atoms with Crippen molar-refractivity contribution in [1.82, 2.24) is 0 Å². The van der Waals surface area contributed by atoms with E-state index in [1.54, 1.807) is 21.6 Å². The first-order valence-electron chi connectivity index (χ1n) is 9.52. The molecule has 2 heterocycles. The maximum atomic E-state index is 3.57. The maximum Gasteiger partial charge on any atom is 0.0537 e. The molecule has 4 aromatic rings. The number of hydrogen-bond acceptors (Lipinski definition) is 6. The third-order valence-corrected chi connectivity index (χ3v) is 9.57. The second kappa shape index (κ2) is 7.85. The van der Waals surface area contributed by atoms with Gasteiger partial charge < -0.3 is 10.6 Å². The van der Waals surface area contributed by atoms with Gasteiger partial charge in [0.2, 0.25) is 0 Å². The van der Waals surface area contributed by atoms with Crippen molar-refractivity contribution in [3.8, 4) is 0 Å². The molecule has 2 aliphatic rings. The Labute approximate surface area is 192 Å². The predicted molar refractivity (Wildman–Crippen MR) is 132 cm³/mol. The van der Waals surface area contributed by atoms with Crippen LogP contribution in [0.2, 0.25) is 0 Å². The number of anilines is 4. The van der Waals surface area contributed by atoms with E-state index < -0.39 is 0 Å². The van der Waals surface area contributed by atoms with Crippen molar-refractivity contribution in [2.24, 2.45) is 0 Å². The highest BCUT2D eigenvalue weighted by Crippen LogP contribution is 2.49. The van der Waals surface area contributed by atoms with Crippen molar-refractivity contribution >= 4 is 67.9 Å². The molecule has 30 heavy (non-hydrogen) atoms. The fourth-order valence-corrected chi connectivity index (χ4v) is 7.34. The zero-order valence-electron chi connectivity index (χ0n) is 15.7. The Morgan fingerprint density at radius 1 is 0.467 bits per heavy atom. The molecule has 0 amide bonds. The molecule has 0 saturated carbocycles. The summed E-state index contributed by atoms with van der Waals surface area (Å²) in [6.07, 6.45) is 0. The molecule has 0 radical (unpaired) electrons. The van der Waals surface area contributed by atoms with Crippen LogP contribution >= 0.6 is 45.1 Å². The summed E-state index contributed by atoms with van der Waals surface area (Å²) in [5.41, 5.74) is 4.74. The van der Waals surface area contributed by atoms with E-state index >= 15 is 0 Å². The summed E-state index contributed by atoms with van der Waals surface area (Å²) in [4.78, 5) is 7.60. The molecule has 2 N–H and O–H groups in total. The van der Waals surface area contributed by atoms with E-state index in [-0.39, 0.29) is 0 Å². The van der Waals surface area contributed by atoms with Crippen LogP contribution in [0.5, 0.6) is 0 Å². The summed E-state index contributed by atoms with van der Waals surface area (Å²) in [5.74, 6) is 0. The highest BCUT2D eigenvalue weighted by molar-refractivity contribution is 8.76. The zero-order valence-corrected chi connectivity index (χ0v) is 19.0. The molecule has 0 atom stereocenters. The Balaban J connectivity index is 1.18. The third-order valence-electron chi connectivity index (χ3n) is 4.89. The Hall–Kier alpha value is -2.12. The topological polar surface area (TPSA) is 24.1 Å². The van der Waals surface area contributed by atoms with E-state index in [0.717, 1.165) is 0 Å². The van der Waals surface area contributed by atoms with Crippen LogP contribution < -0.4 is 10.6 Å². The minimum Gasteiger partial charge on any atom is -0.354 e. The van der Waals surface area contributed by atoms with Crippen molar-refractivity contribution in [3.05, 3.63) is 84.9 Å². The lowest BCUT2D eigenvalue weighted by atomic mass is 10.2. The van der Waals surface area contributed by atoms with Gasteiger partial charge in [-0.15, -0.1) is 0 Å². The van der Waals surface area contributed by atoms with E-state index in [1.165, 1.54) is 52.1 Å². The van der Waals surface area contributed by atoms with Gasteiger partial charge in [-0.3, -0.25) is 0 Å². The van der Waals surface area contributed by atoms with Crippen molar-refractivity contribution in [2.45, 2.75) is 29.4 Å². The molecule has 0 spiro atoms. The lowest BCUT2D eigenvalue weighted by molar-refractivity contribution is 1.28. The summed E-state index contributed by atoms with van der Waals surface area (Å²) in [6.45, 7) is 0. The molecule has 0 unspecified atom stereocenters. The monoisotopic (exact) mass is 460 g/mol. The quantitative estimate of drug-likeness (QED) is 0.256. The smallest absolute Gasteiger partial charge is 0.0537 e. The largest absolute Gasteiger partial charge is 0.354 e. The van der Waals surface area contributed by atoms with Crippen LogP contribution in [0, 0.1) is 0 Å². The van der Waals surface area contributed by atoms with Crippen molar-refractivity contribution in [3.63, 3.8) is 0 Å². The summed E-state index contributed by atoms with van der Waals surface area (Å²) in [7, 11) is 3.59. The first-order chi connectivity index (χ1) is 14.8. The number of hydrogen-bond donors (Lipinski definition) is 2. The third kappa shape index (κ3) is 3.58. The van der Waals surface area contributed by atoms with E-state index in [1.807, 2.05) is 23.5 Å². The Morgan fingerprint density at radius 2 is 0.900 bits per heavy atom. The Kier molecular flexibility index (Phi) is 4.88. The second-order valence-electron chi connectivity index (χ2n) is 6.93. The average molecular weight is 461 g/mol. The lowest BCUT2D eigenvalue weighted by Gasteiger charge is -2.21. The van der Waals surface area contributed by atoms with Gasteiger partial charge in [-0.05, 0) is 60.7 Å². The molecule has 0 fully saturated rings. The van der Waals surface area contributed by atoms with E-state index in [2.05, 4.69) is 95.6 Å². The summed E-state index contributed by atoms with van der Waals surface area (Å²) in [6, 6.07) is 30.3. The van der Waals surface area contributed by atoms with Gasteiger partial charge in [0.05, 0.1) is 22.7 Å². The summed E-state index contributed by atoms with van der Waals surface area (Å²) < 4.78 is 0. The predicted octanol–water partition coefficient (Wildman–Crippen LogP) is 8.90. The molecular formula is C24H16N2S4. The van der Waals surface area contributed by atoms with Gasteiger partial charge in [-0.1, -0.05) is 69.4 Å². The molecule has 146 valence electrons. The lowest BCUT2D eigenvalue weighted by Crippen LogP contribution is -1.99. The van der Waals surface area contributed by atoms with Gasteiger partial charge >= 0.3 is 0 Å². The summed E-state index contributed by atoms with van der Waals surface area (Å²) >= 11 is 3.65. The van der Waals surface area contributed by atoms with Crippen LogP contribution in [0.3, 0.4) is 0 Å². The molecule has 6 rings (SSSR count). The molecule has 0 saturated heterocycles. The standard InChI is InChI=1S/C24H16N2S4/c1-3-7-21-17(5-1)25-19-13-15(9-11-23(19)27-21)29-30-16-10-12-24-20(14-16)26-18-6-2-4-8-22(18)28-24/h1-14,25-26H. The molecule has 0 aliphatic carbocycles. The molecule has 2 nitrogen and oxygen atoms in total. The van der Waals surface area contributed by atoms with Crippen molar-refractivity contribution in [2.75, 3.05) is 10.6 Å². The van der Waals surface area contributed by atoms with Crippen LogP contribution in [0.25, 0.3) is 0 Å².